The van der Waals surface area contributed by atoms with Crippen LogP contribution in [0.5, 0.6) is 5.75 Å². The van der Waals surface area contributed by atoms with Gasteiger partial charge in [-0.1, -0.05) is 61.8 Å². The van der Waals surface area contributed by atoms with Crippen molar-refractivity contribution in [1.82, 2.24) is 9.55 Å². The standard InChI is InChI=1S/C26H27ClN2O/c1-18(2)22-13-8-19(3)16-25(22)30-15-14-29-24-7-5-4-6-23(24)28-26(29)17-20-9-11-21(27)12-10-20/h4-13,16,18H,14-15,17H2,1-3H3. The van der Waals surface area contributed by atoms with Gasteiger partial charge in [-0.15, -0.1) is 0 Å². The van der Waals surface area contributed by atoms with Gasteiger partial charge in [-0.05, 0) is 59.9 Å². The maximum atomic E-state index is 6.26. The van der Waals surface area contributed by atoms with Gasteiger partial charge in [0.15, 0.2) is 0 Å². The van der Waals surface area contributed by atoms with Crippen molar-refractivity contribution in [3.05, 3.63) is 94.3 Å². The second-order valence-electron chi connectivity index (χ2n) is 8.02. The largest absolute Gasteiger partial charge is 0.491 e. The van der Waals surface area contributed by atoms with E-state index in [9.17, 15) is 0 Å². The first kappa shape index (κ1) is 20.5. The van der Waals surface area contributed by atoms with Crippen LogP contribution in [-0.4, -0.2) is 16.2 Å². The number of halogens is 1. The quantitative estimate of drug-likeness (QED) is 0.330. The van der Waals surface area contributed by atoms with Crippen molar-refractivity contribution in [1.29, 1.82) is 0 Å². The summed E-state index contributed by atoms with van der Waals surface area (Å²) in [6.45, 7) is 7.84. The van der Waals surface area contributed by atoms with Crippen molar-refractivity contribution >= 4 is 22.6 Å². The molecule has 4 rings (SSSR count). The van der Waals surface area contributed by atoms with Crippen LogP contribution in [0.4, 0.5) is 0 Å². The molecule has 0 atom stereocenters. The number of para-hydroxylation sites is 2. The number of imidazole rings is 1. The second kappa shape index (κ2) is 8.93. The molecule has 0 amide bonds. The van der Waals surface area contributed by atoms with Crippen molar-refractivity contribution in [2.45, 2.75) is 39.7 Å². The molecule has 1 aromatic heterocycles. The van der Waals surface area contributed by atoms with E-state index < -0.39 is 0 Å². The van der Waals surface area contributed by atoms with Crippen LogP contribution in [0.25, 0.3) is 11.0 Å². The molecule has 0 spiro atoms. The van der Waals surface area contributed by atoms with Gasteiger partial charge in [-0.25, -0.2) is 4.98 Å². The maximum absolute atomic E-state index is 6.26. The molecule has 0 radical (unpaired) electrons. The lowest BCUT2D eigenvalue weighted by atomic mass is 10.0. The van der Waals surface area contributed by atoms with Gasteiger partial charge in [0, 0.05) is 11.4 Å². The van der Waals surface area contributed by atoms with Gasteiger partial charge in [0.25, 0.3) is 0 Å². The Balaban J connectivity index is 1.58. The Bertz CT molecular complexity index is 1150. The van der Waals surface area contributed by atoms with Gasteiger partial charge in [-0.3, -0.25) is 0 Å². The van der Waals surface area contributed by atoms with E-state index in [0.717, 1.165) is 40.6 Å². The summed E-state index contributed by atoms with van der Waals surface area (Å²) in [7, 11) is 0. The van der Waals surface area contributed by atoms with Crippen LogP contribution in [0.3, 0.4) is 0 Å². The molecular weight excluding hydrogens is 392 g/mol. The highest BCUT2D eigenvalue weighted by Gasteiger charge is 2.13. The van der Waals surface area contributed by atoms with Crippen molar-refractivity contribution in [3.8, 4) is 5.75 Å². The van der Waals surface area contributed by atoms with Gasteiger partial charge in [0.2, 0.25) is 0 Å². The molecule has 3 aromatic carbocycles. The second-order valence-corrected chi connectivity index (χ2v) is 8.45. The number of hydrogen-bond acceptors (Lipinski definition) is 2. The molecule has 0 aliphatic rings. The van der Waals surface area contributed by atoms with Crippen molar-refractivity contribution in [3.63, 3.8) is 0 Å². The monoisotopic (exact) mass is 418 g/mol. The number of hydrogen-bond donors (Lipinski definition) is 0. The summed E-state index contributed by atoms with van der Waals surface area (Å²) in [6.07, 6.45) is 0.757. The molecule has 154 valence electrons. The molecule has 0 unspecified atom stereocenters. The first-order valence-corrected chi connectivity index (χ1v) is 10.8. The molecule has 0 saturated heterocycles. The van der Waals surface area contributed by atoms with E-state index in [2.05, 4.69) is 73.9 Å². The summed E-state index contributed by atoms with van der Waals surface area (Å²) in [5, 5.41) is 0.750. The zero-order valence-corrected chi connectivity index (χ0v) is 18.5. The highest BCUT2D eigenvalue weighted by molar-refractivity contribution is 6.30. The minimum absolute atomic E-state index is 0.426. The fourth-order valence-corrected chi connectivity index (χ4v) is 3.91. The summed E-state index contributed by atoms with van der Waals surface area (Å²) in [6, 6.07) is 22.7. The minimum Gasteiger partial charge on any atom is -0.491 e. The van der Waals surface area contributed by atoms with E-state index in [1.807, 2.05) is 18.2 Å². The summed E-state index contributed by atoms with van der Waals surface area (Å²) >= 11 is 6.05. The minimum atomic E-state index is 0.426. The first-order chi connectivity index (χ1) is 14.5. The first-order valence-electron chi connectivity index (χ1n) is 10.4. The fraction of sp³-hybridized carbons (Fsp3) is 0.269. The Labute approximate surface area is 183 Å². The number of benzene rings is 3. The van der Waals surface area contributed by atoms with Gasteiger partial charge >= 0.3 is 0 Å². The summed E-state index contributed by atoms with van der Waals surface area (Å²) in [5.41, 5.74) is 5.80. The third-order valence-corrected chi connectivity index (χ3v) is 5.62. The molecule has 0 fully saturated rings. The fourth-order valence-electron chi connectivity index (χ4n) is 3.79. The van der Waals surface area contributed by atoms with Crippen molar-refractivity contribution < 1.29 is 4.74 Å². The lowest BCUT2D eigenvalue weighted by Gasteiger charge is -2.16. The van der Waals surface area contributed by atoms with Crippen LogP contribution in [-0.2, 0) is 13.0 Å². The molecule has 0 aliphatic heterocycles. The molecule has 0 N–H and O–H groups in total. The predicted octanol–water partition coefficient (Wildman–Crippen LogP) is 6.79. The van der Waals surface area contributed by atoms with E-state index in [1.54, 1.807) is 0 Å². The van der Waals surface area contributed by atoms with Gasteiger partial charge in [0.1, 0.15) is 18.2 Å². The van der Waals surface area contributed by atoms with Crippen LogP contribution in [0, 0.1) is 6.92 Å². The lowest BCUT2D eigenvalue weighted by Crippen LogP contribution is -2.12. The Hall–Kier alpha value is -2.78. The zero-order valence-electron chi connectivity index (χ0n) is 17.7. The molecular formula is C26H27ClN2O. The van der Waals surface area contributed by atoms with E-state index >= 15 is 0 Å². The molecule has 30 heavy (non-hydrogen) atoms. The lowest BCUT2D eigenvalue weighted by molar-refractivity contribution is 0.294. The van der Waals surface area contributed by atoms with Crippen LogP contribution in [0.15, 0.2) is 66.7 Å². The van der Waals surface area contributed by atoms with E-state index in [1.165, 1.54) is 16.7 Å². The van der Waals surface area contributed by atoms with Crippen LogP contribution >= 0.6 is 11.6 Å². The van der Waals surface area contributed by atoms with Gasteiger partial charge in [0.05, 0.1) is 17.6 Å². The molecule has 4 heteroatoms. The molecule has 0 aliphatic carbocycles. The summed E-state index contributed by atoms with van der Waals surface area (Å²) < 4.78 is 8.53. The third-order valence-electron chi connectivity index (χ3n) is 5.37. The average molecular weight is 419 g/mol. The molecule has 1 heterocycles. The molecule has 3 nitrogen and oxygen atoms in total. The van der Waals surface area contributed by atoms with Gasteiger partial charge < -0.3 is 9.30 Å². The topological polar surface area (TPSA) is 27.1 Å². The molecule has 0 saturated carbocycles. The maximum Gasteiger partial charge on any atom is 0.123 e. The van der Waals surface area contributed by atoms with E-state index in [4.69, 9.17) is 21.3 Å². The molecule has 4 aromatic rings. The highest BCUT2D eigenvalue weighted by Crippen LogP contribution is 2.28. The highest BCUT2D eigenvalue weighted by atomic mass is 35.5. The van der Waals surface area contributed by atoms with E-state index in [0.29, 0.717) is 12.5 Å². The van der Waals surface area contributed by atoms with Crippen LogP contribution < -0.4 is 4.74 Å². The summed E-state index contributed by atoms with van der Waals surface area (Å²) in [5.74, 6) is 2.44. The number of fused-ring (bicyclic) bond motifs is 1. The number of ether oxygens (including phenoxy) is 1. The van der Waals surface area contributed by atoms with Crippen molar-refractivity contribution in [2.75, 3.05) is 6.61 Å². The molecule has 0 bridgehead atoms. The van der Waals surface area contributed by atoms with Crippen LogP contribution in [0.1, 0.15) is 42.3 Å². The Kier molecular flexibility index (Phi) is 6.10. The van der Waals surface area contributed by atoms with Crippen LogP contribution in [0.2, 0.25) is 5.02 Å². The third kappa shape index (κ3) is 4.52. The summed E-state index contributed by atoms with van der Waals surface area (Å²) in [4.78, 5) is 4.89. The number of aryl methyl sites for hydroxylation is 1. The zero-order chi connectivity index (χ0) is 21.1. The normalized spacial score (nSPS) is 11.4. The Morgan fingerprint density at radius 2 is 1.77 bits per heavy atom. The average Bonchev–Trinajstić information content (AvgIpc) is 3.07. The van der Waals surface area contributed by atoms with Gasteiger partial charge in [-0.2, -0.15) is 0 Å². The number of rotatable bonds is 7. The van der Waals surface area contributed by atoms with Crippen molar-refractivity contribution in [2.24, 2.45) is 0 Å². The number of aromatic nitrogens is 2. The predicted molar refractivity (Wildman–Crippen MR) is 125 cm³/mol. The van der Waals surface area contributed by atoms with E-state index in [-0.39, 0.29) is 0 Å². The number of nitrogens with zero attached hydrogens (tertiary/aromatic N) is 2. The smallest absolute Gasteiger partial charge is 0.123 e. The Morgan fingerprint density at radius 3 is 2.53 bits per heavy atom. The Morgan fingerprint density at radius 1 is 1.00 bits per heavy atom. The SMILES string of the molecule is Cc1ccc(C(C)C)c(OCCn2c(Cc3ccc(Cl)cc3)nc3ccccc32)c1.